The molecule has 1 unspecified atom stereocenters. The van der Waals surface area contributed by atoms with Crippen LogP contribution in [0, 0.1) is 22.7 Å². The first-order chi connectivity index (χ1) is 8.54. The van der Waals surface area contributed by atoms with Crippen LogP contribution in [0.4, 0.5) is 0 Å². The van der Waals surface area contributed by atoms with Gasteiger partial charge in [-0.15, -0.1) is 0 Å². The minimum atomic E-state index is 0.258. The van der Waals surface area contributed by atoms with Gasteiger partial charge in [-0.05, 0) is 62.9 Å². The molecule has 1 saturated heterocycles. The summed E-state index contributed by atoms with van der Waals surface area (Å²) in [5, 5.41) is 3.66. The minimum absolute atomic E-state index is 0.258. The number of hydrogen-bond acceptors (Lipinski definition) is 2. The molecule has 1 N–H and O–H groups in total. The lowest BCUT2D eigenvalue weighted by molar-refractivity contribution is 0.282. The van der Waals surface area contributed by atoms with Gasteiger partial charge in [0, 0.05) is 18.6 Å². The maximum Gasteiger partial charge on any atom is 0.00966 e. The van der Waals surface area contributed by atoms with Crippen molar-refractivity contribution < 1.29 is 0 Å². The van der Waals surface area contributed by atoms with Gasteiger partial charge in [-0.3, -0.25) is 0 Å². The molecule has 112 valence electrons. The van der Waals surface area contributed by atoms with E-state index in [-0.39, 0.29) is 5.54 Å². The third-order valence-corrected chi connectivity index (χ3v) is 6.05. The van der Waals surface area contributed by atoms with Crippen molar-refractivity contribution >= 4 is 0 Å². The Morgan fingerprint density at radius 3 is 2.16 bits per heavy atom. The van der Waals surface area contributed by atoms with Crippen molar-refractivity contribution in [1.82, 2.24) is 10.2 Å². The standard InChI is InChI=1S/C17H34N2/c1-15(2,3)18-10-13-8-9-19(11-13)12-14-16(4,5)17(14,6)7/h13-14,18H,8-12H2,1-7H3. The van der Waals surface area contributed by atoms with Crippen LogP contribution in [0.25, 0.3) is 0 Å². The van der Waals surface area contributed by atoms with Gasteiger partial charge in [-0.1, -0.05) is 27.7 Å². The summed E-state index contributed by atoms with van der Waals surface area (Å²) in [6, 6.07) is 0. The Balaban J connectivity index is 1.75. The highest BCUT2D eigenvalue weighted by Crippen LogP contribution is 2.68. The molecule has 1 saturated carbocycles. The van der Waals surface area contributed by atoms with E-state index in [1.807, 2.05) is 0 Å². The lowest BCUT2D eigenvalue weighted by Gasteiger charge is -2.23. The third kappa shape index (κ3) is 3.16. The van der Waals surface area contributed by atoms with Crippen LogP contribution in [-0.2, 0) is 0 Å². The van der Waals surface area contributed by atoms with Crippen molar-refractivity contribution in [3.05, 3.63) is 0 Å². The zero-order valence-corrected chi connectivity index (χ0v) is 14.1. The van der Waals surface area contributed by atoms with E-state index in [2.05, 4.69) is 58.7 Å². The fourth-order valence-corrected chi connectivity index (χ4v) is 3.74. The van der Waals surface area contributed by atoms with E-state index >= 15 is 0 Å². The quantitative estimate of drug-likeness (QED) is 0.839. The summed E-state index contributed by atoms with van der Waals surface area (Å²) in [6.45, 7) is 21.6. The van der Waals surface area contributed by atoms with Crippen LogP contribution in [0.1, 0.15) is 54.9 Å². The van der Waals surface area contributed by atoms with E-state index in [4.69, 9.17) is 0 Å². The summed E-state index contributed by atoms with van der Waals surface area (Å²) in [4.78, 5) is 2.70. The number of rotatable bonds is 4. The van der Waals surface area contributed by atoms with Crippen LogP contribution in [0.2, 0.25) is 0 Å². The summed E-state index contributed by atoms with van der Waals surface area (Å²) in [5.74, 6) is 1.73. The highest BCUT2D eigenvalue weighted by atomic mass is 15.2. The zero-order chi connectivity index (χ0) is 14.5. The molecule has 1 aliphatic heterocycles. The van der Waals surface area contributed by atoms with Crippen molar-refractivity contribution in [1.29, 1.82) is 0 Å². The summed E-state index contributed by atoms with van der Waals surface area (Å²) < 4.78 is 0. The average molecular weight is 266 g/mol. The smallest absolute Gasteiger partial charge is 0.00966 e. The van der Waals surface area contributed by atoms with E-state index in [0.717, 1.165) is 11.8 Å². The van der Waals surface area contributed by atoms with Gasteiger partial charge in [0.05, 0.1) is 0 Å². The Morgan fingerprint density at radius 1 is 1.11 bits per heavy atom. The second-order valence-electron chi connectivity index (χ2n) is 9.04. The largest absolute Gasteiger partial charge is 0.312 e. The summed E-state index contributed by atoms with van der Waals surface area (Å²) in [6.07, 6.45) is 1.37. The Bertz CT molecular complexity index is 311. The monoisotopic (exact) mass is 266 g/mol. The number of hydrogen-bond donors (Lipinski definition) is 1. The molecule has 0 aromatic heterocycles. The third-order valence-electron chi connectivity index (χ3n) is 6.05. The first-order valence-corrected chi connectivity index (χ1v) is 8.01. The molecule has 0 amide bonds. The van der Waals surface area contributed by atoms with Crippen LogP contribution in [0.3, 0.4) is 0 Å². The molecule has 2 aliphatic rings. The van der Waals surface area contributed by atoms with Gasteiger partial charge in [0.25, 0.3) is 0 Å². The minimum Gasteiger partial charge on any atom is -0.312 e. The molecular weight excluding hydrogens is 232 g/mol. The predicted octanol–water partition coefficient (Wildman–Crippen LogP) is 3.38. The van der Waals surface area contributed by atoms with Crippen molar-refractivity contribution in [2.45, 2.75) is 60.4 Å². The molecular formula is C17H34N2. The van der Waals surface area contributed by atoms with E-state index in [1.54, 1.807) is 0 Å². The van der Waals surface area contributed by atoms with Gasteiger partial charge in [-0.25, -0.2) is 0 Å². The van der Waals surface area contributed by atoms with Gasteiger partial charge in [-0.2, -0.15) is 0 Å². The molecule has 1 atom stereocenters. The zero-order valence-electron chi connectivity index (χ0n) is 14.1. The van der Waals surface area contributed by atoms with Crippen LogP contribution in [-0.4, -0.2) is 36.6 Å². The molecule has 2 fully saturated rings. The Kier molecular flexibility index (Phi) is 3.81. The van der Waals surface area contributed by atoms with E-state index < -0.39 is 0 Å². The molecule has 0 aromatic carbocycles. The molecule has 0 aromatic rings. The molecule has 1 aliphatic carbocycles. The first-order valence-electron chi connectivity index (χ1n) is 8.01. The second kappa shape index (κ2) is 4.73. The summed E-state index contributed by atoms with van der Waals surface area (Å²) in [7, 11) is 0. The maximum atomic E-state index is 3.66. The Morgan fingerprint density at radius 2 is 1.68 bits per heavy atom. The van der Waals surface area contributed by atoms with Gasteiger partial charge < -0.3 is 10.2 Å². The number of nitrogens with one attached hydrogen (secondary N) is 1. The Labute approximate surface area is 120 Å². The normalized spacial score (nSPS) is 30.8. The van der Waals surface area contributed by atoms with Crippen molar-refractivity contribution in [2.24, 2.45) is 22.7 Å². The van der Waals surface area contributed by atoms with E-state index in [9.17, 15) is 0 Å². The molecule has 2 nitrogen and oxygen atoms in total. The molecule has 2 rings (SSSR count). The molecule has 19 heavy (non-hydrogen) atoms. The van der Waals surface area contributed by atoms with Crippen LogP contribution in [0.15, 0.2) is 0 Å². The van der Waals surface area contributed by atoms with Gasteiger partial charge in [0.15, 0.2) is 0 Å². The fraction of sp³-hybridized carbons (Fsp3) is 1.00. The molecule has 0 radical (unpaired) electrons. The van der Waals surface area contributed by atoms with Gasteiger partial charge >= 0.3 is 0 Å². The topological polar surface area (TPSA) is 15.3 Å². The van der Waals surface area contributed by atoms with Gasteiger partial charge in [0.2, 0.25) is 0 Å². The van der Waals surface area contributed by atoms with Crippen molar-refractivity contribution in [3.8, 4) is 0 Å². The van der Waals surface area contributed by atoms with Crippen molar-refractivity contribution in [2.75, 3.05) is 26.2 Å². The first kappa shape index (κ1) is 15.3. The van der Waals surface area contributed by atoms with Gasteiger partial charge in [0.1, 0.15) is 0 Å². The number of likely N-dealkylation sites (tertiary alicyclic amines) is 1. The number of nitrogens with zero attached hydrogens (tertiary/aromatic N) is 1. The maximum absolute atomic E-state index is 3.66. The van der Waals surface area contributed by atoms with E-state index in [0.29, 0.717) is 10.8 Å². The van der Waals surface area contributed by atoms with Crippen LogP contribution < -0.4 is 5.32 Å². The fourth-order valence-electron chi connectivity index (χ4n) is 3.74. The summed E-state index contributed by atoms with van der Waals surface area (Å²) >= 11 is 0. The van der Waals surface area contributed by atoms with Crippen LogP contribution >= 0.6 is 0 Å². The summed E-state index contributed by atoms with van der Waals surface area (Å²) in [5.41, 5.74) is 1.33. The molecule has 0 bridgehead atoms. The highest BCUT2D eigenvalue weighted by Gasteiger charge is 2.64. The van der Waals surface area contributed by atoms with E-state index in [1.165, 1.54) is 32.6 Å². The average Bonchev–Trinajstić information content (AvgIpc) is 2.65. The molecule has 0 spiro atoms. The predicted molar refractivity (Wildman–Crippen MR) is 83.4 cm³/mol. The SMILES string of the molecule is CC(C)(C)NCC1CCN(CC2C(C)(C)C2(C)C)C1. The second-order valence-corrected chi connectivity index (χ2v) is 9.04. The molecule has 1 heterocycles. The van der Waals surface area contributed by atoms with Crippen LogP contribution in [0.5, 0.6) is 0 Å². The highest BCUT2D eigenvalue weighted by molar-refractivity contribution is 5.13. The van der Waals surface area contributed by atoms with Crippen molar-refractivity contribution in [3.63, 3.8) is 0 Å². The lowest BCUT2D eigenvalue weighted by Crippen LogP contribution is -2.39. The Hall–Kier alpha value is -0.0800. The lowest BCUT2D eigenvalue weighted by atomic mass is 10.0. The molecule has 2 heteroatoms.